The average molecular weight is 185 g/mol. The summed E-state index contributed by atoms with van der Waals surface area (Å²) in [7, 11) is 0. The molecular weight excluding hydrogens is 162 g/mol. The van der Waals surface area contributed by atoms with Crippen molar-refractivity contribution in [2.75, 3.05) is 6.54 Å². The van der Waals surface area contributed by atoms with E-state index in [1.165, 1.54) is 0 Å². The maximum atomic E-state index is 11.3. The molecule has 0 aromatic rings. The number of hydrogen-bond acceptors (Lipinski definition) is 2. The average Bonchev–Trinajstić information content (AvgIpc) is 2.01. The quantitative estimate of drug-likeness (QED) is 0.714. The molecular formula is C11H23NO. The number of carbonyl (C=O) groups excluding carboxylic acids is 1. The van der Waals surface area contributed by atoms with E-state index in [4.69, 9.17) is 5.73 Å². The third-order valence-corrected chi connectivity index (χ3v) is 2.61. The summed E-state index contributed by atoms with van der Waals surface area (Å²) in [6.07, 6.45) is 2.30. The van der Waals surface area contributed by atoms with Crippen molar-refractivity contribution < 1.29 is 4.79 Å². The molecule has 0 spiro atoms. The lowest BCUT2D eigenvalue weighted by Crippen LogP contribution is -2.25. The normalized spacial score (nSPS) is 14.2. The van der Waals surface area contributed by atoms with Crippen LogP contribution in [0, 0.1) is 11.3 Å². The van der Waals surface area contributed by atoms with Gasteiger partial charge >= 0.3 is 0 Å². The summed E-state index contributed by atoms with van der Waals surface area (Å²) in [5, 5.41) is 0. The fraction of sp³-hybridized carbons (Fsp3) is 0.909. The Balaban J connectivity index is 4.18. The summed E-state index contributed by atoms with van der Waals surface area (Å²) in [6.45, 7) is 9.13. The van der Waals surface area contributed by atoms with Crippen LogP contribution < -0.4 is 5.73 Å². The first-order chi connectivity index (χ1) is 5.91. The number of nitrogens with two attached hydrogens (primary N) is 1. The molecule has 0 saturated heterocycles. The first kappa shape index (κ1) is 12.6. The molecule has 0 aliphatic carbocycles. The van der Waals surface area contributed by atoms with E-state index in [2.05, 4.69) is 20.8 Å². The second-order valence-corrected chi connectivity index (χ2v) is 4.74. The van der Waals surface area contributed by atoms with Gasteiger partial charge in [0, 0.05) is 12.8 Å². The fourth-order valence-electron chi connectivity index (χ4n) is 1.46. The van der Waals surface area contributed by atoms with Crippen molar-refractivity contribution in [1.82, 2.24) is 0 Å². The van der Waals surface area contributed by atoms with Gasteiger partial charge in [0.15, 0.2) is 0 Å². The topological polar surface area (TPSA) is 43.1 Å². The van der Waals surface area contributed by atoms with Crippen LogP contribution in [-0.4, -0.2) is 12.3 Å². The predicted octanol–water partition coefficient (Wildman–Crippen LogP) is 2.37. The number of rotatable bonds is 5. The van der Waals surface area contributed by atoms with Crippen LogP contribution in [-0.2, 0) is 4.79 Å². The van der Waals surface area contributed by atoms with Gasteiger partial charge in [0.25, 0.3) is 0 Å². The van der Waals surface area contributed by atoms with Gasteiger partial charge in [-0.15, -0.1) is 0 Å². The highest BCUT2D eigenvalue weighted by Gasteiger charge is 2.25. The Morgan fingerprint density at radius 1 is 1.38 bits per heavy atom. The van der Waals surface area contributed by atoms with E-state index in [0.717, 1.165) is 6.42 Å². The highest BCUT2D eigenvalue weighted by Crippen LogP contribution is 2.31. The Kier molecular flexibility index (Phi) is 5.23. The smallest absolute Gasteiger partial charge is 0.132 e. The van der Waals surface area contributed by atoms with E-state index >= 15 is 0 Å². The molecule has 13 heavy (non-hydrogen) atoms. The van der Waals surface area contributed by atoms with Gasteiger partial charge in [-0.1, -0.05) is 27.7 Å². The van der Waals surface area contributed by atoms with Gasteiger partial charge < -0.3 is 5.73 Å². The Bertz CT molecular complexity index is 158. The molecule has 0 saturated carbocycles. The first-order valence-electron chi connectivity index (χ1n) is 5.13. The molecule has 0 aromatic heterocycles. The molecule has 0 aromatic carbocycles. The Labute approximate surface area is 81.9 Å². The molecule has 0 amide bonds. The van der Waals surface area contributed by atoms with Gasteiger partial charge in [-0.2, -0.15) is 0 Å². The summed E-state index contributed by atoms with van der Waals surface area (Å²) >= 11 is 0. The number of ketones is 1. The number of Topliss-reactive ketones (excluding diaryl/α,β-unsaturated/α-hetero) is 1. The molecule has 1 atom stereocenters. The summed E-state index contributed by atoms with van der Waals surface area (Å²) < 4.78 is 0. The van der Waals surface area contributed by atoms with E-state index in [0.29, 0.717) is 31.1 Å². The Morgan fingerprint density at radius 2 is 1.92 bits per heavy atom. The van der Waals surface area contributed by atoms with Crippen LogP contribution in [0.3, 0.4) is 0 Å². The number of carbonyl (C=O) groups is 1. The third kappa shape index (κ3) is 5.04. The number of hydrogen-bond donors (Lipinski definition) is 1. The van der Waals surface area contributed by atoms with E-state index in [-0.39, 0.29) is 5.41 Å². The molecule has 78 valence electrons. The Morgan fingerprint density at radius 3 is 2.23 bits per heavy atom. The molecule has 0 heterocycles. The van der Waals surface area contributed by atoms with Crippen LogP contribution in [0.15, 0.2) is 0 Å². The van der Waals surface area contributed by atoms with Gasteiger partial charge in [-0.25, -0.2) is 0 Å². The second kappa shape index (κ2) is 5.38. The van der Waals surface area contributed by atoms with E-state index < -0.39 is 0 Å². The summed E-state index contributed by atoms with van der Waals surface area (Å²) in [5.74, 6) is 0.790. The standard InChI is InChI=1S/C11H23NO/c1-5-10(13)8-9(6-7-12)11(2,3)4/h9H,5-8,12H2,1-4H3/t9-/m1/s1. The Hall–Kier alpha value is -0.370. The van der Waals surface area contributed by atoms with Crippen LogP contribution in [0.1, 0.15) is 47.0 Å². The van der Waals surface area contributed by atoms with Crippen molar-refractivity contribution in [3.05, 3.63) is 0 Å². The van der Waals surface area contributed by atoms with Crippen molar-refractivity contribution >= 4 is 5.78 Å². The zero-order valence-electron chi connectivity index (χ0n) is 9.39. The van der Waals surface area contributed by atoms with Crippen molar-refractivity contribution in [3.8, 4) is 0 Å². The maximum absolute atomic E-state index is 11.3. The van der Waals surface area contributed by atoms with Crippen LogP contribution in [0.25, 0.3) is 0 Å². The van der Waals surface area contributed by atoms with Crippen LogP contribution in [0.5, 0.6) is 0 Å². The largest absolute Gasteiger partial charge is 0.330 e. The molecule has 2 N–H and O–H groups in total. The van der Waals surface area contributed by atoms with Crippen LogP contribution >= 0.6 is 0 Å². The predicted molar refractivity (Wildman–Crippen MR) is 56.5 cm³/mol. The highest BCUT2D eigenvalue weighted by molar-refractivity contribution is 5.78. The summed E-state index contributed by atoms with van der Waals surface area (Å²) in [6, 6.07) is 0. The van der Waals surface area contributed by atoms with Crippen molar-refractivity contribution in [2.24, 2.45) is 17.1 Å². The summed E-state index contributed by atoms with van der Waals surface area (Å²) in [5.41, 5.74) is 5.73. The minimum atomic E-state index is 0.199. The van der Waals surface area contributed by atoms with Crippen LogP contribution in [0.2, 0.25) is 0 Å². The third-order valence-electron chi connectivity index (χ3n) is 2.61. The second-order valence-electron chi connectivity index (χ2n) is 4.74. The van der Waals surface area contributed by atoms with Gasteiger partial charge in [-0.3, -0.25) is 4.79 Å². The summed E-state index contributed by atoms with van der Waals surface area (Å²) in [4.78, 5) is 11.3. The lowest BCUT2D eigenvalue weighted by atomic mass is 9.76. The first-order valence-corrected chi connectivity index (χ1v) is 5.13. The molecule has 0 aliphatic heterocycles. The zero-order chi connectivity index (χ0) is 10.5. The lowest BCUT2D eigenvalue weighted by Gasteiger charge is -2.29. The van der Waals surface area contributed by atoms with E-state index in [1.54, 1.807) is 0 Å². The van der Waals surface area contributed by atoms with Gasteiger partial charge in [0.1, 0.15) is 5.78 Å². The van der Waals surface area contributed by atoms with Gasteiger partial charge in [0.2, 0.25) is 0 Å². The monoisotopic (exact) mass is 185 g/mol. The van der Waals surface area contributed by atoms with Crippen molar-refractivity contribution in [2.45, 2.75) is 47.0 Å². The molecule has 0 bridgehead atoms. The van der Waals surface area contributed by atoms with Crippen LogP contribution in [0.4, 0.5) is 0 Å². The van der Waals surface area contributed by atoms with Gasteiger partial charge in [-0.05, 0) is 24.3 Å². The molecule has 2 heteroatoms. The fourth-order valence-corrected chi connectivity index (χ4v) is 1.46. The van der Waals surface area contributed by atoms with E-state index in [1.807, 2.05) is 6.92 Å². The minimum absolute atomic E-state index is 0.199. The SMILES string of the molecule is CCC(=O)C[C@@H](CCN)C(C)(C)C. The highest BCUT2D eigenvalue weighted by atomic mass is 16.1. The molecule has 0 rings (SSSR count). The maximum Gasteiger partial charge on any atom is 0.132 e. The van der Waals surface area contributed by atoms with Crippen molar-refractivity contribution in [3.63, 3.8) is 0 Å². The van der Waals surface area contributed by atoms with E-state index in [9.17, 15) is 4.79 Å². The zero-order valence-corrected chi connectivity index (χ0v) is 9.39. The minimum Gasteiger partial charge on any atom is -0.330 e. The molecule has 0 fully saturated rings. The van der Waals surface area contributed by atoms with Crippen molar-refractivity contribution in [1.29, 1.82) is 0 Å². The molecule has 2 nitrogen and oxygen atoms in total. The molecule has 0 aliphatic rings. The van der Waals surface area contributed by atoms with Gasteiger partial charge in [0.05, 0.1) is 0 Å². The molecule has 0 unspecified atom stereocenters. The lowest BCUT2D eigenvalue weighted by molar-refractivity contribution is -0.120. The molecule has 0 radical (unpaired) electrons.